The summed E-state index contributed by atoms with van der Waals surface area (Å²) in [6.45, 7) is 8.14. The number of esters is 1. The lowest BCUT2D eigenvalue weighted by atomic mass is 9.93. The zero-order valence-electron chi connectivity index (χ0n) is 22.9. The molecular formula is C32H39NO5. The molecule has 4 atom stereocenters. The molecule has 38 heavy (non-hydrogen) atoms. The van der Waals surface area contributed by atoms with Crippen molar-refractivity contribution < 1.29 is 23.7 Å². The molecule has 0 aliphatic carbocycles. The Morgan fingerprint density at radius 1 is 0.895 bits per heavy atom. The van der Waals surface area contributed by atoms with Crippen molar-refractivity contribution in [3.05, 3.63) is 108 Å². The first-order valence-electron chi connectivity index (χ1n) is 13.3. The van der Waals surface area contributed by atoms with E-state index in [4.69, 9.17) is 18.9 Å². The number of ether oxygens (including phenoxy) is 4. The molecule has 1 aliphatic rings. The van der Waals surface area contributed by atoms with Crippen LogP contribution in [-0.4, -0.2) is 54.7 Å². The van der Waals surface area contributed by atoms with Gasteiger partial charge >= 0.3 is 5.97 Å². The van der Waals surface area contributed by atoms with Crippen LogP contribution in [0.4, 0.5) is 0 Å². The highest BCUT2D eigenvalue weighted by atomic mass is 16.8. The minimum atomic E-state index is -0.797. The zero-order valence-corrected chi connectivity index (χ0v) is 22.9. The Morgan fingerprint density at radius 2 is 1.42 bits per heavy atom. The molecule has 0 unspecified atom stereocenters. The first-order valence-corrected chi connectivity index (χ1v) is 13.3. The summed E-state index contributed by atoms with van der Waals surface area (Å²) < 4.78 is 24.8. The van der Waals surface area contributed by atoms with E-state index in [0.717, 1.165) is 16.7 Å². The molecule has 6 heteroatoms. The van der Waals surface area contributed by atoms with Crippen molar-refractivity contribution in [1.29, 1.82) is 0 Å². The van der Waals surface area contributed by atoms with E-state index in [1.165, 1.54) is 0 Å². The van der Waals surface area contributed by atoms with E-state index in [1.54, 1.807) is 0 Å². The highest BCUT2D eigenvalue weighted by Gasteiger charge is 2.50. The molecule has 3 aromatic rings. The minimum Gasteiger partial charge on any atom is -0.465 e. The van der Waals surface area contributed by atoms with Crippen molar-refractivity contribution in [3.8, 4) is 0 Å². The molecule has 0 spiro atoms. The third kappa shape index (κ3) is 6.69. The lowest BCUT2D eigenvalue weighted by molar-refractivity contribution is -0.180. The Labute approximate surface area is 226 Å². The van der Waals surface area contributed by atoms with Crippen molar-refractivity contribution in [3.63, 3.8) is 0 Å². The standard InChI is InChI=1S/C32H39NO5/c1-6-35-31(34)28(33(5)27(25-18-12-8-13-19-25)26-20-14-9-15-21-26)30(29-23(2)37-32(3,4)38-29)36-22-24-16-10-7-11-17-24/h7-21,23,27-30H,6,22H2,1-5H3/t23-,28-,29+,30-/m1/s1. The summed E-state index contributed by atoms with van der Waals surface area (Å²) in [5.74, 6) is -1.15. The Kier molecular flexibility index (Phi) is 9.34. The summed E-state index contributed by atoms with van der Waals surface area (Å²) in [7, 11) is 1.96. The second-order valence-electron chi connectivity index (χ2n) is 10.2. The molecule has 0 amide bonds. The molecule has 3 aromatic carbocycles. The Morgan fingerprint density at radius 3 is 1.89 bits per heavy atom. The average Bonchev–Trinajstić information content (AvgIpc) is 3.20. The van der Waals surface area contributed by atoms with Gasteiger partial charge < -0.3 is 18.9 Å². The number of likely N-dealkylation sites (N-methyl/N-ethyl adjacent to an activating group) is 1. The van der Waals surface area contributed by atoms with Gasteiger partial charge in [0.1, 0.15) is 18.2 Å². The first kappa shape index (κ1) is 28.0. The van der Waals surface area contributed by atoms with E-state index < -0.39 is 24.0 Å². The number of rotatable bonds is 11. The molecule has 4 rings (SSSR count). The quantitative estimate of drug-likeness (QED) is 0.301. The van der Waals surface area contributed by atoms with Crippen molar-refractivity contribution in [1.82, 2.24) is 4.90 Å². The molecule has 1 saturated heterocycles. The lowest BCUT2D eigenvalue weighted by Crippen LogP contribution is -2.56. The molecule has 1 heterocycles. The fourth-order valence-electron chi connectivity index (χ4n) is 5.29. The zero-order chi connectivity index (χ0) is 27.1. The summed E-state index contributed by atoms with van der Waals surface area (Å²) in [4.78, 5) is 15.8. The number of nitrogens with zero attached hydrogens (tertiary/aromatic N) is 1. The van der Waals surface area contributed by atoms with E-state index in [1.807, 2.05) is 101 Å². The van der Waals surface area contributed by atoms with E-state index >= 15 is 0 Å². The second-order valence-corrected chi connectivity index (χ2v) is 10.2. The van der Waals surface area contributed by atoms with Crippen LogP contribution in [0.2, 0.25) is 0 Å². The molecule has 202 valence electrons. The molecule has 0 aromatic heterocycles. The molecule has 1 fully saturated rings. The maximum Gasteiger partial charge on any atom is 0.326 e. The summed E-state index contributed by atoms with van der Waals surface area (Å²) in [6, 6.07) is 29.3. The third-order valence-electron chi connectivity index (χ3n) is 6.88. The van der Waals surface area contributed by atoms with Gasteiger partial charge in [-0.15, -0.1) is 0 Å². The topological polar surface area (TPSA) is 57.2 Å². The maximum absolute atomic E-state index is 13.8. The number of hydrogen-bond acceptors (Lipinski definition) is 6. The molecule has 0 radical (unpaired) electrons. The number of hydrogen-bond donors (Lipinski definition) is 0. The summed E-state index contributed by atoms with van der Waals surface area (Å²) in [5.41, 5.74) is 3.14. The van der Waals surface area contributed by atoms with Gasteiger partial charge in [-0.3, -0.25) is 9.69 Å². The molecule has 0 bridgehead atoms. The van der Waals surface area contributed by atoms with Crippen molar-refractivity contribution in [2.24, 2.45) is 0 Å². The normalized spacial score (nSPS) is 20.4. The van der Waals surface area contributed by atoms with E-state index in [0.29, 0.717) is 6.61 Å². The van der Waals surface area contributed by atoms with Gasteiger partial charge in [-0.2, -0.15) is 0 Å². The SMILES string of the molecule is CCOC(=O)[C@@H]([C@@H](OCc1ccccc1)[C@H]1OC(C)(C)O[C@@H]1C)N(C)C(c1ccccc1)c1ccccc1. The Hall–Kier alpha value is -3.03. The van der Waals surface area contributed by atoms with E-state index in [9.17, 15) is 4.79 Å². The van der Waals surface area contributed by atoms with Gasteiger partial charge in [-0.1, -0.05) is 91.0 Å². The monoisotopic (exact) mass is 517 g/mol. The van der Waals surface area contributed by atoms with Crippen LogP contribution in [0.1, 0.15) is 50.4 Å². The number of carbonyl (C=O) groups excluding carboxylic acids is 1. The van der Waals surface area contributed by atoms with Crippen molar-refractivity contribution >= 4 is 5.97 Å². The van der Waals surface area contributed by atoms with Crippen LogP contribution in [-0.2, 0) is 30.3 Å². The first-order chi connectivity index (χ1) is 18.3. The molecule has 0 N–H and O–H groups in total. The van der Waals surface area contributed by atoms with Crippen molar-refractivity contribution in [2.75, 3.05) is 13.7 Å². The van der Waals surface area contributed by atoms with Crippen molar-refractivity contribution in [2.45, 2.75) is 70.5 Å². The maximum atomic E-state index is 13.8. The van der Waals surface area contributed by atoms with Crippen LogP contribution in [0.15, 0.2) is 91.0 Å². The Bertz CT molecular complexity index is 1100. The summed E-state index contributed by atoms with van der Waals surface area (Å²) in [5, 5.41) is 0. The lowest BCUT2D eigenvalue weighted by Gasteiger charge is -2.40. The van der Waals surface area contributed by atoms with E-state index in [2.05, 4.69) is 29.2 Å². The molecular weight excluding hydrogens is 478 g/mol. The molecule has 1 aliphatic heterocycles. The van der Waals surface area contributed by atoms with Gasteiger partial charge in [0.25, 0.3) is 0 Å². The molecule has 0 saturated carbocycles. The highest BCUT2D eigenvalue weighted by Crippen LogP contribution is 2.36. The summed E-state index contributed by atoms with van der Waals surface area (Å²) >= 11 is 0. The average molecular weight is 518 g/mol. The van der Waals surface area contributed by atoms with Gasteiger partial charge in [0.15, 0.2) is 5.79 Å². The number of carbonyl (C=O) groups is 1. The third-order valence-corrected chi connectivity index (χ3v) is 6.88. The van der Waals surface area contributed by atoms with Crippen LogP contribution in [0.25, 0.3) is 0 Å². The Balaban J connectivity index is 1.78. The van der Waals surface area contributed by atoms with Gasteiger partial charge in [-0.25, -0.2) is 0 Å². The highest BCUT2D eigenvalue weighted by molar-refractivity contribution is 5.77. The second kappa shape index (κ2) is 12.7. The predicted molar refractivity (Wildman–Crippen MR) is 147 cm³/mol. The minimum absolute atomic E-state index is 0.222. The van der Waals surface area contributed by atoms with Crippen LogP contribution >= 0.6 is 0 Å². The van der Waals surface area contributed by atoms with Crippen LogP contribution in [0.3, 0.4) is 0 Å². The van der Waals surface area contributed by atoms with Gasteiger partial charge in [-0.05, 0) is 51.4 Å². The van der Waals surface area contributed by atoms with Gasteiger partial charge in [0, 0.05) is 0 Å². The van der Waals surface area contributed by atoms with Gasteiger partial charge in [0.05, 0.1) is 25.4 Å². The largest absolute Gasteiger partial charge is 0.465 e. The summed E-state index contributed by atoms with van der Waals surface area (Å²) in [6.07, 6.45) is -1.44. The van der Waals surface area contributed by atoms with Crippen LogP contribution in [0.5, 0.6) is 0 Å². The smallest absolute Gasteiger partial charge is 0.326 e. The fraction of sp³-hybridized carbons (Fsp3) is 0.406. The number of benzene rings is 3. The van der Waals surface area contributed by atoms with Crippen LogP contribution < -0.4 is 0 Å². The molecule has 6 nitrogen and oxygen atoms in total. The van der Waals surface area contributed by atoms with Gasteiger partial charge in [0.2, 0.25) is 0 Å². The van der Waals surface area contributed by atoms with Crippen LogP contribution in [0, 0.1) is 0 Å². The van der Waals surface area contributed by atoms with E-state index in [-0.39, 0.29) is 24.7 Å². The predicted octanol–water partition coefficient (Wildman–Crippen LogP) is 5.76. The fourth-order valence-corrected chi connectivity index (χ4v) is 5.29.